The van der Waals surface area contributed by atoms with E-state index in [1.807, 2.05) is 37.3 Å². The van der Waals surface area contributed by atoms with Gasteiger partial charge in [0, 0.05) is 15.3 Å². The van der Waals surface area contributed by atoms with Crippen LogP contribution in [0.25, 0.3) is 10.7 Å². The third-order valence-electron chi connectivity index (χ3n) is 4.62. The van der Waals surface area contributed by atoms with Crippen molar-refractivity contribution in [2.24, 2.45) is 0 Å². The summed E-state index contributed by atoms with van der Waals surface area (Å²) < 4.78 is 6.34. The topological polar surface area (TPSA) is 68.0 Å². The van der Waals surface area contributed by atoms with Crippen LogP contribution in [0.2, 0.25) is 0 Å². The molecule has 26 heavy (non-hydrogen) atoms. The molecular formula is C19H18BrN3O2S. The van der Waals surface area contributed by atoms with Crippen molar-refractivity contribution in [1.29, 1.82) is 0 Å². The van der Waals surface area contributed by atoms with Gasteiger partial charge in [-0.05, 0) is 37.5 Å². The molecule has 7 heteroatoms. The molecule has 0 spiro atoms. The van der Waals surface area contributed by atoms with Gasteiger partial charge < -0.3 is 9.84 Å². The van der Waals surface area contributed by atoms with Crippen LogP contribution in [0, 0.1) is 6.92 Å². The molecule has 5 nitrogen and oxygen atoms in total. The van der Waals surface area contributed by atoms with Crippen molar-refractivity contribution in [3.05, 3.63) is 51.1 Å². The van der Waals surface area contributed by atoms with Crippen LogP contribution in [0.5, 0.6) is 0 Å². The minimum absolute atomic E-state index is 0.0485. The first-order valence-electron chi connectivity index (χ1n) is 8.58. The number of hydrogen-bond acceptors (Lipinski definition) is 5. The summed E-state index contributed by atoms with van der Waals surface area (Å²) in [7, 11) is 0. The fourth-order valence-corrected chi connectivity index (χ4v) is 4.21. The third kappa shape index (κ3) is 3.59. The number of aromatic nitrogens is 2. The predicted molar refractivity (Wildman–Crippen MR) is 105 cm³/mol. The molecule has 1 aliphatic carbocycles. The molecule has 1 aromatic carbocycles. The molecule has 0 saturated heterocycles. The van der Waals surface area contributed by atoms with Gasteiger partial charge in [-0.15, -0.1) is 11.3 Å². The monoisotopic (exact) mass is 431 g/mol. The summed E-state index contributed by atoms with van der Waals surface area (Å²) in [5.74, 6) is 1.71. The summed E-state index contributed by atoms with van der Waals surface area (Å²) in [5, 5.41) is 7.10. The maximum atomic E-state index is 12.4. The van der Waals surface area contributed by atoms with Crippen LogP contribution in [-0.2, 0) is 11.2 Å². The Labute approximate surface area is 163 Å². The lowest BCUT2D eigenvalue weighted by Crippen LogP contribution is -2.14. The molecule has 134 valence electrons. The third-order valence-corrected chi connectivity index (χ3v) is 6.44. The van der Waals surface area contributed by atoms with Crippen molar-refractivity contribution in [3.8, 4) is 10.7 Å². The number of halogens is 1. The van der Waals surface area contributed by atoms with E-state index in [2.05, 4.69) is 31.4 Å². The van der Waals surface area contributed by atoms with Crippen molar-refractivity contribution in [3.63, 3.8) is 0 Å². The Morgan fingerprint density at radius 2 is 2.19 bits per heavy atom. The summed E-state index contributed by atoms with van der Waals surface area (Å²) in [4.78, 5) is 18.9. The Morgan fingerprint density at radius 1 is 1.38 bits per heavy atom. The first kappa shape index (κ1) is 17.4. The van der Waals surface area contributed by atoms with E-state index in [0.717, 1.165) is 44.2 Å². The highest BCUT2D eigenvalue weighted by atomic mass is 79.9. The largest absolute Gasteiger partial charge is 0.339 e. The standard InChI is InChI=1S/C19H18BrN3O2S/c1-11-15(21-17(24)9-13-5-2-3-8-14(13)20)10-16(26-11)18-22-19(25-23-18)12-6-4-7-12/h2-3,5,8,10,12H,4,6-7,9H2,1H3,(H,21,24). The lowest BCUT2D eigenvalue weighted by molar-refractivity contribution is -0.115. The smallest absolute Gasteiger partial charge is 0.230 e. The highest BCUT2D eigenvalue weighted by Crippen LogP contribution is 2.38. The van der Waals surface area contributed by atoms with Crippen molar-refractivity contribution in [2.45, 2.75) is 38.5 Å². The molecule has 0 aliphatic heterocycles. The van der Waals surface area contributed by atoms with E-state index in [1.54, 1.807) is 11.3 Å². The number of benzene rings is 1. The zero-order chi connectivity index (χ0) is 18.1. The van der Waals surface area contributed by atoms with Gasteiger partial charge in [0.05, 0.1) is 17.0 Å². The summed E-state index contributed by atoms with van der Waals surface area (Å²) in [6.07, 6.45) is 3.80. The lowest BCUT2D eigenvalue weighted by atomic mass is 9.85. The molecule has 1 saturated carbocycles. The van der Waals surface area contributed by atoms with E-state index in [4.69, 9.17) is 4.52 Å². The number of carbonyl (C=O) groups excluding carboxylic acids is 1. The lowest BCUT2D eigenvalue weighted by Gasteiger charge is -2.20. The van der Waals surface area contributed by atoms with E-state index in [-0.39, 0.29) is 5.91 Å². The second-order valence-corrected chi connectivity index (χ2v) is 8.59. The van der Waals surface area contributed by atoms with E-state index in [1.165, 1.54) is 6.42 Å². The molecule has 3 aromatic rings. The number of anilines is 1. The minimum atomic E-state index is -0.0485. The summed E-state index contributed by atoms with van der Waals surface area (Å²) >= 11 is 5.04. The van der Waals surface area contributed by atoms with Gasteiger partial charge in [-0.25, -0.2) is 0 Å². The predicted octanol–water partition coefficient (Wildman–Crippen LogP) is 5.32. The molecule has 1 aliphatic rings. The molecule has 4 rings (SSSR count). The van der Waals surface area contributed by atoms with Crippen LogP contribution < -0.4 is 5.32 Å². The summed E-state index contributed by atoms with van der Waals surface area (Å²) in [6.45, 7) is 1.98. The van der Waals surface area contributed by atoms with Crippen LogP contribution in [0.3, 0.4) is 0 Å². The Bertz CT molecular complexity index is 946. The number of carbonyl (C=O) groups is 1. The SMILES string of the molecule is Cc1sc(-c2noc(C3CCC3)n2)cc1NC(=O)Cc1ccccc1Br. The number of nitrogens with zero attached hydrogens (tertiary/aromatic N) is 2. The first-order chi connectivity index (χ1) is 12.6. The highest BCUT2D eigenvalue weighted by molar-refractivity contribution is 9.10. The van der Waals surface area contributed by atoms with E-state index in [0.29, 0.717) is 18.2 Å². The summed E-state index contributed by atoms with van der Waals surface area (Å²) in [5.41, 5.74) is 1.76. The van der Waals surface area contributed by atoms with E-state index < -0.39 is 0 Å². The zero-order valence-corrected chi connectivity index (χ0v) is 16.7. The number of thiophene rings is 1. The van der Waals surface area contributed by atoms with Crippen molar-refractivity contribution in [2.75, 3.05) is 5.32 Å². The van der Waals surface area contributed by atoms with Crippen LogP contribution in [0.15, 0.2) is 39.3 Å². The van der Waals surface area contributed by atoms with Gasteiger partial charge in [0.25, 0.3) is 0 Å². The molecule has 0 radical (unpaired) electrons. The van der Waals surface area contributed by atoms with Crippen molar-refractivity contribution >= 4 is 38.9 Å². The fraction of sp³-hybridized carbons (Fsp3) is 0.316. The van der Waals surface area contributed by atoms with Gasteiger partial charge >= 0.3 is 0 Å². The number of rotatable bonds is 5. The Balaban J connectivity index is 1.47. The molecule has 0 bridgehead atoms. The maximum Gasteiger partial charge on any atom is 0.230 e. The van der Waals surface area contributed by atoms with Crippen molar-refractivity contribution < 1.29 is 9.32 Å². The summed E-state index contributed by atoms with van der Waals surface area (Å²) in [6, 6.07) is 9.66. The molecule has 1 fully saturated rings. The van der Waals surface area contributed by atoms with E-state index in [9.17, 15) is 4.79 Å². The second-order valence-electron chi connectivity index (χ2n) is 6.48. The number of aryl methyl sites for hydroxylation is 1. The Kier molecular flexibility index (Phi) is 4.91. The van der Waals surface area contributed by atoms with Crippen LogP contribution >= 0.6 is 27.3 Å². The van der Waals surface area contributed by atoms with Crippen LogP contribution in [-0.4, -0.2) is 16.0 Å². The zero-order valence-electron chi connectivity index (χ0n) is 14.3. The number of hydrogen-bond donors (Lipinski definition) is 1. The molecule has 1 N–H and O–H groups in total. The first-order valence-corrected chi connectivity index (χ1v) is 10.2. The molecular weight excluding hydrogens is 414 g/mol. The molecule has 2 aromatic heterocycles. The average molecular weight is 432 g/mol. The maximum absolute atomic E-state index is 12.4. The second kappa shape index (κ2) is 7.32. The Morgan fingerprint density at radius 3 is 2.92 bits per heavy atom. The van der Waals surface area contributed by atoms with Gasteiger partial charge in [0.15, 0.2) is 0 Å². The average Bonchev–Trinajstić information content (AvgIpc) is 3.16. The van der Waals surface area contributed by atoms with Gasteiger partial charge in [0.2, 0.25) is 17.6 Å². The van der Waals surface area contributed by atoms with Gasteiger partial charge in [-0.3, -0.25) is 4.79 Å². The molecule has 0 atom stereocenters. The quantitative estimate of drug-likeness (QED) is 0.593. The van der Waals surface area contributed by atoms with Crippen molar-refractivity contribution in [1.82, 2.24) is 10.1 Å². The number of amides is 1. The molecule has 0 unspecified atom stereocenters. The van der Waals surface area contributed by atoms with Gasteiger partial charge in [-0.2, -0.15) is 4.98 Å². The van der Waals surface area contributed by atoms with Gasteiger partial charge in [-0.1, -0.05) is 45.7 Å². The van der Waals surface area contributed by atoms with E-state index >= 15 is 0 Å². The molecule has 1 amide bonds. The normalized spacial score (nSPS) is 14.2. The fourth-order valence-electron chi connectivity index (χ4n) is 2.88. The minimum Gasteiger partial charge on any atom is -0.339 e. The van der Waals surface area contributed by atoms with Crippen LogP contribution in [0.1, 0.15) is 41.5 Å². The van der Waals surface area contributed by atoms with Crippen LogP contribution in [0.4, 0.5) is 5.69 Å². The molecule has 2 heterocycles. The Hall–Kier alpha value is -1.99. The van der Waals surface area contributed by atoms with Gasteiger partial charge in [0.1, 0.15) is 0 Å². The highest BCUT2D eigenvalue weighted by Gasteiger charge is 2.26. The number of nitrogens with one attached hydrogen (secondary N) is 1.